The first-order valence-corrected chi connectivity index (χ1v) is 7.00. The van der Waals surface area contributed by atoms with Crippen molar-refractivity contribution in [2.45, 2.75) is 39.3 Å². The van der Waals surface area contributed by atoms with Gasteiger partial charge in [0, 0.05) is 6.54 Å². The van der Waals surface area contributed by atoms with Crippen molar-refractivity contribution < 1.29 is 14.3 Å². The first kappa shape index (κ1) is 14.9. The zero-order valence-corrected chi connectivity index (χ0v) is 12.7. The van der Waals surface area contributed by atoms with Crippen LogP contribution in [-0.4, -0.2) is 42.2 Å². The number of carbonyl (C=O) groups is 1. The van der Waals surface area contributed by atoms with E-state index >= 15 is 0 Å². The lowest BCUT2D eigenvalue weighted by Crippen LogP contribution is -2.58. The van der Waals surface area contributed by atoms with E-state index < -0.39 is 0 Å². The molecule has 2 rings (SSSR count). The fourth-order valence-corrected chi connectivity index (χ4v) is 2.28. The maximum atomic E-state index is 12.3. The van der Waals surface area contributed by atoms with Crippen molar-refractivity contribution in [3.8, 4) is 5.75 Å². The third-order valence-electron chi connectivity index (χ3n) is 3.58. The van der Waals surface area contributed by atoms with Gasteiger partial charge in [-0.05, 0) is 39.8 Å². The lowest BCUT2D eigenvalue weighted by atomic mass is 10.0. The predicted molar refractivity (Wildman–Crippen MR) is 77.9 cm³/mol. The Hall–Kier alpha value is -1.55. The normalized spacial score (nSPS) is 21.6. The maximum absolute atomic E-state index is 12.3. The Morgan fingerprint density at radius 2 is 2.05 bits per heavy atom. The number of hydrogen-bond acceptors (Lipinski definition) is 3. The first-order chi connectivity index (χ1) is 9.38. The Bertz CT molecular complexity index is 467. The second-order valence-electron chi connectivity index (χ2n) is 6.04. The number of nitrogens with zero attached hydrogens (tertiary/aromatic N) is 1. The average molecular weight is 277 g/mol. The molecule has 4 nitrogen and oxygen atoms in total. The Morgan fingerprint density at radius 1 is 1.40 bits per heavy atom. The molecular weight excluding hydrogens is 254 g/mol. The fraction of sp³-hybridized carbons (Fsp3) is 0.562. The third-order valence-corrected chi connectivity index (χ3v) is 3.58. The van der Waals surface area contributed by atoms with Crippen LogP contribution in [0.4, 0.5) is 0 Å². The summed E-state index contributed by atoms with van der Waals surface area (Å²) >= 11 is 0. The van der Waals surface area contributed by atoms with Gasteiger partial charge in [-0.2, -0.15) is 0 Å². The largest absolute Gasteiger partial charge is 0.484 e. The van der Waals surface area contributed by atoms with Gasteiger partial charge in [-0.3, -0.25) is 4.79 Å². The molecule has 1 atom stereocenters. The van der Waals surface area contributed by atoms with Crippen LogP contribution in [0.15, 0.2) is 24.3 Å². The van der Waals surface area contributed by atoms with Gasteiger partial charge in [-0.25, -0.2) is 0 Å². The molecule has 4 heteroatoms. The number of morpholine rings is 1. The highest BCUT2D eigenvalue weighted by molar-refractivity contribution is 5.78. The molecular formula is C16H23NO3. The summed E-state index contributed by atoms with van der Waals surface area (Å²) in [6, 6.07) is 7.71. The van der Waals surface area contributed by atoms with E-state index in [4.69, 9.17) is 9.47 Å². The van der Waals surface area contributed by atoms with Gasteiger partial charge in [0.05, 0.1) is 18.2 Å². The third kappa shape index (κ3) is 3.51. The zero-order chi connectivity index (χ0) is 14.8. The first-order valence-electron chi connectivity index (χ1n) is 7.00. The summed E-state index contributed by atoms with van der Waals surface area (Å²) in [5.74, 6) is 0.730. The van der Waals surface area contributed by atoms with Crippen LogP contribution >= 0.6 is 0 Å². The Balaban J connectivity index is 1.95. The lowest BCUT2D eigenvalue weighted by Gasteiger charge is -2.44. The van der Waals surface area contributed by atoms with Crippen molar-refractivity contribution in [1.82, 2.24) is 4.90 Å². The molecule has 110 valence electrons. The number of hydrogen-bond donors (Lipinski definition) is 0. The number of carbonyl (C=O) groups excluding carboxylic acids is 1. The molecule has 1 aromatic rings. The Kier molecular flexibility index (Phi) is 4.33. The average Bonchev–Trinajstić information content (AvgIpc) is 2.40. The zero-order valence-electron chi connectivity index (χ0n) is 12.7. The van der Waals surface area contributed by atoms with Gasteiger partial charge in [-0.15, -0.1) is 0 Å². The number of aryl methyl sites for hydroxylation is 1. The van der Waals surface area contributed by atoms with E-state index in [-0.39, 0.29) is 24.2 Å². The molecule has 1 fully saturated rings. The van der Waals surface area contributed by atoms with Crippen molar-refractivity contribution >= 4 is 5.91 Å². The number of amides is 1. The molecule has 0 spiro atoms. The summed E-state index contributed by atoms with van der Waals surface area (Å²) in [5.41, 5.74) is 0.895. The molecule has 0 bridgehead atoms. The quantitative estimate of drug-likeness (QED) is 0.851. The monoisotopic (exact) mass is 277 g/mol. The smallest absolute Gasteiger partial charge is 0.261 e. The lowest BCUT2D eigenvalue weighted by molar-refractivity contribution is -0.154. The highest BCUT2D eigenvalue weighted by atomic mass is 16.5. The minimum Gasteiger partial charge on any atom is -0.484 e. The van der Waals surface area contributed by atoms with Crippen LogP contribution in [-0.2, 0) is 9.53 Å². The summed E-state index contributed by atoms with van der Waals surface area (Å²) in [6.45, 7) is 9.28. The van der Waals surface area contributed by atoms with E-state index in [2.05, 4.69) is 0 Å². The molecule has 0 saturated carbocycles. The fourth-order valence-electron chi connectivity index (χ4n) is 2.28. The van der Waals surface area contributed by atoms with E-state index in [1.54, 1.807) is 0 Å². The standard InChI is InChI=1S/C16H23NO3/c1-12-5-7-14(8-6-12)19-10-15(18)17-9-13(2)20-11-16(17,3)4/h5-8,13H,9-11H2,1-4H3. The SMILES string of the molecule is Cc1ccc(OCC(=O)N2CC(C)OCC2(C)C)cc1. The molecule has 1 saturated heterocycles. The van der Waals surface area contributed by atoms with Crippen molar-refractivity contribution in [3.05, 3.63) is 29.8 Å². The van der Waals surface area contributed by atoms with Gasteiger partial charge in [0.25, 0.3) is 5.91 Å². The van der Waals surface area contributed by atoms with E-state index in [1.165, 1.54) is 5.56 Å². The summed E-state index contributed by atoms with van der Waals surface area (Å²) in [5, 5.41) is 0. The Labute approximate surface area is 120 Å². The Morgan fingerprint density at radius 3 is 2.70 bits per heavy atom. The molecule has 20 heavy (non-hydrogen) atoms. The van der Waals surface area contributed by atoms with E-state index in [0.29, 0.717) is 13.2 Å². The van der Waals surface area contributed by atoms with Crippen molar-refractivity contribution in [2.24, 2.45) is 0 Å². The van der Waals surface area contributed by atoms with Gasteiger partial charge < -0.3 is 14.4 Å². The van der Waals surface area contributed by atoms with Crippen molar-refractivity contribution in [2.75, 3.05) is 19.8 Å². The van der Waals surface area contributed by atoms with Gasteiger partial charge in [0.15, 0.2) is 6.61 Å². The molecule has 1 heterocycles. The summed E-state index contributed by atoms with van der Waals surface area (Å²) in [4.78, 5) is 14.2. The van der Waals surface area contributed by atoms with Crippen LogP contribution in [0.1, 0.15) is 26.3 Å². The minimum absolute atomic E-state index is 0.00530. The summed E-state index contributed by atoms with van der Waals surface area (Å²) < 4.78 is 11.2. The molecule has 0 radical (unpaired) electrons. The van der Waals surface area contributed by atoms with Crippen LogP contribution < -0.4 is 4.74 Å². The van der Waals surface area contributed by atoms with Gasteiger partial charge in [-0.1, -0.05) is 17.7 Å². The topological polar surface area (TPSA) is 38.8 Å². The molecule has 1 amide bonds. The van der Waals surface area contributed by atoms with Crippen LogP contribution in [0.25, 0.3) is 0 Å². The number of ether oxygens (including phenoxy) is 2. The molecule has 0 N–H and O–H groups in total. The van der Waals surface area contributed by atoms with E-state index in [0.717, 1.165) is 5.75 Å². The highest BCUT2D eigenvalue weighted by Gasteiger charge is 2.36. The molecule has 1 aliphatic heterocycles. The summed E-state index contributed by atoms with van der Waals surface area (Å²) in [7, 11) is 0. The van der Waals surface area contributed by atoms with Crippen LogP contribution in [0, 0.1) is 6.92 Å². The van der Waals surface area contributed by atoms with Crippen molar-refractivity contribution in [1.29, 1.82) is 0 Å². The molecule has 1 unspecified atom stereocenters. The van der Waals surface area contributed by atoms with E-state index in [1.807, 2.05) is 56.9 Å². The minimum atomic E-state index is -0.278. The van der Waals surface area contributed by atoms with Gasteiger partial charge in [0.2, 0.25) is 0 Å². The second-order valence-corrected chi connectivity index (χ2v) is 6.04. The van der Waals surface area contributed by atoms with Crippen LogP contribution in [0.3, 0.4) is 0 Å². The second kappa shape index (κ2) is 5.83. The van der Waals surface area contributed by atoms with Crippen molar-refractivity contribution in [3.63, 3.8) is 0 Å². The number of benzene rings is 1. The van der Waals surface area contributed by atoms with E-state index in [9.17, 15) is 4.79 Å². The molecule has 0 aromatic heterocycles. The summed E-state index contributed by atoms with van der Waals surface area (Å²) in [6.07, 6.45) is 0.0753. The van der Waals surface area contributed by atoms with Gasteiger partial charge >= 0.3 is 0 Å². The van der Waals surface area contributed by atoms with Gasteiger partial charge in [0.1, 0.15) is 5.75 Å². The maximum Gasteiger partial charge on any atom is 0.261 e. The number of rotatable bonds is 3. The molecule has 1 aromatic carbocycles. The molecule has 1 aliphatic rings. The molecule has 0 aliphatic carbocycles. The predicted octanol–water partition coefficient (Wildman–Crippen LogP) is 2.40. The highest BCUT2D eigenvalue weighted by Crippen LogP contribution is 2.22. The van der Waals surface area contributed by atoms with Crippen LogP contribution in [0.2, 0.25) is 0 Å². The van der Waals surface area contributed by atoms with Crippen LogP contribution in [0.5, 0.6) is 5.75 Å².